The van der Waals surface area contributed by atoms with E-state index in [0.29, 0.717) is 11.7 Å². The fourth-order valence-electron chi connectivity index (χ4n) is 2.16. The van der Waals surface area contributed by atoms with Crippen molar-refractivity contribution in [3.05, 3.63) is 23.9 Å². The standard InChI is InChI=1S/C13H20N4O/c14-13(15)11-6-2-7-12(16-11)17(8-3-9-18)10-4-1-5-10/h2,6-7,10,18H,1,3-5,8-9H2,(H3,14,15). The molecule has 5 heteroatoms. The maximum absolute atomic E-state index is 8.98. The number of pyridine rings is 1. The van der Waals surface area contributed by atoms with E-state index in [2.05, 4.69) is 9.88 Å². The number of nitrogens with zero attached hydrogens (tertiary/aromatic N) is 2. The lowest BCUT2D eigenvalue weighted by atomic mass is 9.91. The number of hydrogen-bond acceptors (Lipinski definition) is 4. The molecule has 98 valence electrons. The zero-order valence-corrected chi connectivity index (χ0v) is 10.5. The lowest BCUT2D eigenvalue weighted by molar-refractivity contribution is 0.282. The van der Waals surface area contributed by atoms with E-state index in [1.165, 1.54) is 19.3 Å². The Balaban J connectivity index is 2.17. The number of hydrogen-bond donors (Lipinski definition) is 3. The number of amidine groups is 1. The van der Waals surface area contributed by atoms with Crippen molar-refractivity contribution in [1.29, 1.82) is 5.41 Å². The smallest absolute Gasteiger partial charge is 0.141 e. The molecule has 0 aliphatic heterocycles. The van der Waals surface area contributed by atoms with E-state index in [4.69, 9.17) is 16.2 Å². The SMILES string of the molecule is N=C(N)c1cccc(N(CCCO)C2CCC2)n1. The van der Waals surface area contributed by atoms with Crippen LogP contribution in [0.4, 0.5) is 5.82 Å². The normalized spacial score (nSPS) is 15.2. The van der Waals surface area contributed by atoms with Crippen LogP contribution in [0.5, 0.6) is 0 Å². The summed E-state index contributed by atoms with van der Waals surface area (Å²) < 4.78 is 0. The van der Waals surface area contributed by atoms with Crippen LogP contribution >= 0.6 is 0 Å². The van der Waals surface area contributed by atoms with Gasteiger partial charge in [0.15, 0.2) is 0 Å². The lowest BCUT2D eigenvalue weighted by Crippen LogP contribution is -2.41. The van der Waals surface area contributed by atoms with Gasteiger partial charge in [-0.1, -0.05) is 6.07 Å². The molecular formula is C13H20N4O. The van der Waals surface area contributed by atoms with Crippen molar-refractivity contribution in [1.82, 2.24) is 4.98 Å². The molecule has 1 aliphatic carbocycles. The third kappa shape index (κ3) is 2.79. The van der Waals surface area contributed by atoms with Crippen LogP contribution in [0.3, 0.4) is 0 Å². The average Bonchev–Trinajstić information content (AvgIpc) is 2.32. The minimum absolute atomic E-state index is 0.00688. The van der Waals surface area contributed by atoms with Gasteiger partial charge in [0.1, 0.15) is 17.3 Å². The number of rotatable bonds is 6. The number of aliphatic hydroxyl groups excluding tert-OH is 1. The molecule has 0 bridgehead atoms. The minimum Gasteiger partial charge on any atom is -0.396 e. The molecule has 5 nitrogen and oxygen atoms in total. The van der Waals surface area contributed by atoms with Crippen molar-refractivity contribution in [3.63, 3.8) is 0 Å². The highest BCUT2D eigenvalue weighted by atomic mass is 16.3. The first-order valence-corrected chi connectivity index (χ1v) is 6.41. The van der Waals surface area contributed by atoms with E-state index in [1.807, 2.05) is 12.1 Å². The topological polar surface area (TPSA) is 86.2 Å². The second kappa shape index (κ2) is 5.82. The van der Waals surface area contributed by atoms with Gasteiger partial charge >= 0.3 is 0 Å². The molecular weight excluding hydrogens is 228 g/mol. The van der Waals surface area contributed by atoms with Crippen LogP contribution in [0.15, 0.2) is 18.2 Å². The summed E-state index contributed by atoms with van der Waals surface area (Å²) in [5.41, 5.74) is 5.98. The monoisotopic (exact) mass is 248 g/mol. The molecule has 1 saturated carbocycles. The fourth-order valence-corrected chi connectivity index (χ4v) is 2.16. The second-order valence-electron chi connectivity index (χ2n) is 4.65. The summed E-state index contributed by atoms with van der Waals surface area (Å²) in [6, 6.07) is 6.09. The molecule has 0 radical (unpaired) electrons. The van der Waals surface area contributed by atoms with E-state index in [9.17, 15) is 0 Å². The molecule has 1 fully saturated rings. The number of aliphatic hydroxyl groups is 1. The van der Waals surface area contributed by atoms with E-state index in [-0.39, 0.29) is 12.4 Å². The second-order valence-corrected chi connectivity index (χ2v) is 4.65. The Labute approximate surface area is 107 Å². The highest BCUT2D eigenvalue weighted by Gasteiger charge is 2.25. The number of aromatic nitrogens is 1. The fraction of sp³-hybridized carbons (Fsp3) is 0.538. The van der Waals surface area contributed by atoms with Crippen molar-refractivity contribution in [2.45, 2.75) is 31.7 Å². The predicted molar refractivity (Wildman–Crippen MR) is 71.9 cm³/mol. The van der Waals surface area contributed by atoms with Gasteiger partial charge in [0.25, 0.3) is 0 Å². The van der Waals surface area contributed by atoms with Crippen LogP contribution in [-0.4, -0.2) is 35.1 Å². The summed E-state index contributed by atoms with van der Waals surface area (Å²) in [5, 5.41) is 16.4. The predicted octanol–water partition coefficient (Wildman–Crippen LogP) is 1.11. The van der Waals surface area contributed by atoms with Gasteiger partial charge in [0, 0.05) is 19.2 Å². The van der Waals surface area contributed by atoms with Crippen LogP contribution in [0.25, 0.3) is 0 Å². The molecule has 2 rings (SSSR count). The molecule has 0 atom stereocenters. The lowest BCUT2D eigenvalue weighted by Gasteiger charge is -2.38. The third-order valence-corrected chi connectivity index (χ3v) is 3.38. The third-order valence-electron chi connectivity index (χ3n) is 3.38. The molecule has 1 aromatic heterocycles. The Bertz CT molecular complexity index is 417. The highest BCUT2D eigenvalue weighted by molar-refractivity contribution is 5.93. The van der Waals surface area contributed by atoms with Crippen molar-refractivity contribution in [2.24, 2.45) is 5.73 Å². The van der Waals surface area contributed by atoms with Gasteiger partial charge in [-0.25, -0.2) is 4.98 Å². The summed E-state index contributed by atoms with van der Waals surface area (Å²) in [6.45, 7) is 0.991. The summed E-state index contributed by atoms with van der Waals surface area (Å²) in [6.07, 6.45) is 4.35. The first kappa shape index (κ1) is 12.8. The molecule has 0 aromatic carbocycles. The molecule has 4 N–H and O–H groups in total. The Kier molecular flexibility index (Phi) is 4.15. The van der Waals surface area contributed by atoms with Crippen LogP contribution in [0.2, 0.25) is 0 Å². The van der Waals surface area contributed by atoms with Gasteiger partial charge in [-0.2, -0.15) is 0 Å². The molecule has 1 aromatic rings. The largest absolute Gasteiger partial charge is 0.396 e. The summed E-state index contributed by atoms with van der Waals surface area (Å²) in [5.74, 6) is 0.855. The first-order chi connectivity index (χ1) is 8.72. The molecule has 1 heterocycles. The van der Waals surface area contributed by atoms with Crippen LogP contribution in [-0.2, 0) is 0 Å². The molecule has 0 saturated heterocycles. The molecule has 0 spiro atoms. The summed E-state index contributed by atoms with van der Waals surface area (Å²) in [4.78, 5) is 6.65. The quantitative estimate of drug-likeness (QED) is 0.520. The van der Waals surface area contributed by atoms with Crippen LogP contribution < -0.4 is 10.6 Å². The van der Waals surface area contributed by atoms with E-state index in [0.717, 1.165) is 18.8 Å². The summed E-state index contributed by atoms with van der Waals surface area (Å²) in [7, 11) is 0. The van der Waals surface area contributed by atoms with Crippen molar-refractivity contribution in [3.8, 4) is 0 Å². The van der Waals surface area contributed by atoms with Crippen LogP contribution in [0.1, 0.15) is 31.4 Å². The maximum Gasteiger partial charge on any atom is 0.141 e. The van der Waals surface area contributed by atoms with E-state index in [1.54, 1.807) is 6.07 Å². The Morgan fingerprint density at radius 3 is 2.83 bits per heavy atom. The van der Waals surface area contributed by atoms with Gasteiger partial charge in [-0.3, -0.25) is 5.41 Å². The number of nitrogen functional groups attached to an aromatic ring is 1. The van der Waals surface area contributed by atoms with Gasteiger partial charge in [-0.05, 0) is 37.8 Å². The van der Waals surface area contributed by atoms with Crippen LogP contribution in [0, 0.1) is 5.41 Å². The molecule has 0 unspecified atom stereocenters. The van der Waals surface area contributed by atoms with Gasteiger partial charge in [-0.15, -0.1) is 0 Å². The Hall–Kier alpha value is -1.62. The van der Waals surface area contributed by atoms with Gasteiger partial charge in [0.05, 0.1) is 0 Å². The van der Waals surface area contributed by atoms with Crippen molar-refractivity contribution >= 4 is 11.7 Å². The average molecular weight is 248 g/mol. The summed E-state index contributed by atoms with van der Waals surface area (Å²) >= 11 is 0. The van der Waals surface area contributed by atoms with E-state index < -0.39 is 0 Å². The minimum atomic E-state index is -0.00688. The molecule has 18 heavy (non-hydrogen) atoms. The Morgan fingerprint density at radius 1 is 1.50 bits per heavy atom. The van der Waals surface area contributed by atoms with Gasteiger partial charge in [0.2, 0.25) is 0 Å². The van der Waals surface area contributed by atoms with Crippen molar-refractivity contribution < 1.29 is 5.11 Å². The van der Waals surface area contributed by atoms with Crippen molar-refractivity contribution in [2.75, 3.05) is 18.1 Å². The zero-order chi connectivity index (χ0) is 13.0. The number of nitrogens with two attached hydrogens (primary N) is 1. The van der Waals surface area contributed by atoms with Gasteiger partial charge < -0.3 is 15.7 Å². The first-order valence-electron chi connectivity index (χ1n) is 6.41. The maximum atomic E-state index is 8.98. The highest BCUT2D eigenvalue weighted by Crippen LogP contribution is 2.28. The number of nitrogens with one attached hydrogen (secondary N) is 1. The zero-order valence-electron chi connectivity index (χ0n) is 10.5. The molecule has 0 amide bonds. The Morgan fingerprint density at radius 2 is 2.28 bits per heavy atom. The van der Waals surface area contributed by atoms with E-state index >= 15 is 0 Å². The molecule has 1 aliphatic rings. The number of anilines is 1.